The first-order valence-electron chi connectivity index (χ1n) is 5.29. The first-order chi connectivity index (χ1) is 8.65. The predicted octanol–water partition coefficient (Wildman–Crippen LogP) is 2.15. The number of hydrogen-bond donors (Lipinski definition) is 0. The second-order valence-electron chi connectivity index (χ2n) is 3.96. The van der Waals surface area contributed by atoms with Gasteiger partial charge in [0.25, 0.3) is 0 Å². The summed E-state index contributed by atoms with van der Waals surface area (Å²) in [6.07, 6.45) is 2.83. The molecule has 1 heterocycles. The molecular weight excluding hydrogens is 296 g/mol. The largest absolute Gasteiger partial charge is 0.292 e. The van der Waals surface area contributed by atoms with Crippen LogP contribution >= 0.6 is 15.9 Å². The van der Waals surface area contributed by atoms with E-state index in [9.17, 15) is 9.59 Å². The third-order valence-corrected chi connectivity index (χ3v) is 4.10. The van der Waals surface area contributed by atoms with E-state index in [0.29, 0.717) is 16.8 Å². The van der Waals surface area contributed by atoms with Crippen molar-refractivity contribution in [3.63, 3.8) is 0 Å². The van der Waals surface area contributed by atoms with Gasteiger partial charge in [-0.2, -0.15) is 0 Å². The topological polar surface area (TPSA) is 59.9 Å². The second-order valence-corrected chi connectivity index (χ2v) is 5.15. The number of alkyl halides is 1. The van der Waals surface area contributed by atoms with Gasteiger partial charge in [-0.15, -0.1) is 0 Å². The molecule has 0 fully saturated rings. The SMILES string of the molecule is O=C1c2ccccc2C(=O)C1(Br)c1ccncn1. The van der Waals surface area contributed by atoms with E-state index in [1.54, 1.807) is 30.3 Å². The zero-order chi connectivity index (χ0) is 12.8. The van der Waals surface area contributed by atoms with Crippen LogP contribution in [0.25, 0.3) is 0 Å². The summed E-state index contributed by atoms with van der Waals surface area (Å²) >= 11 is 3.28. The van der Waals surface area contributed by atoms with Crippen molar-refractivity contribution < 1.29 is 9.59 Å². The zero-order valence-electron chi connectivity index (χ0n) is 9.13. The average molecular weight is 303 g/mol. The number of hydrogen-bond acceptors (Lipinski definition) is 4. The minimum Gasteiger partial charge on any atom is -0.292 e. The van der Waals surface area contributed by atoms with Crippen molar-refractivity contribution in [2.45, 2.75) is 4.32 Å². The van der Waals surface area contributed by atoms with Gasteiger partial charge in [0.1, 0.15) is 6.33 Å². The number of benzene rings is 1. The predicted molar refractivity (Wildman–Crippen MR) is 67.7 cm³/mol. The molecule has 0 amide bonds. The highest BCUT2D eigenvalue weighted by Gasteiger charge is 2.53. The Morgan fingerprint density at radius 2 is 1.61 bits per heavy atom. The molecule has 3 rings (SSSR count). The van der Waals surface area contributed by atoms with E-state index in [2.05, 4.69) is 25.9 Å². The summed E-state index contributed by atoms with van der Waals surface area (Å²) in [5.41, 5.74) is 1.22. The molecule has 0 spiro atoms. The van der Waals surface area contributed by atoms with Crippen molar-refractivity contribution in [1.82, 2.24) is 9.97 Å². The number of Topliss-reactive ketones (excluding diaryl/α,β-unsaturated/α-hetero) is 2. The lowest BCUT2D eigenvalue weighted by atomic mass is 9.99. The van der Waals surface area contributed by atoms with Crippen LogP contribution in [0, 0.1) is 0 Å². The highest BCUT2D eigenvalue weighted by molar-refractivity contribution is 9.10. The van der Waals surface area contributed by atoms with Crippen molar-refractivity contribution >= 4 is 27.5 Å². The summed E-state index contributed by atoms with van der Waals surface area (Å²) in [5.74, 6) is -0.552. The quantitative estimate of drug-likeness (QED) is 0.598. The highest BCUT2D eigenvalue weighted by Crippen LogP contribution is 2.43. The van der Waals surface area contributed by atoms with Crippen LogP contribution in [0.1, 0.15) is 26.4 Å². The fraction of sp³-hybridized carbons (Fsp3) is 0.0769. The smallest absolute Gasteiger partial charge is 0.194 e. The molecule has 0 saturated carbocycles. The Labute approximate surface area is 111 Å². The fourth-order valence-corrected chi connectivity index (χ4v) is 2.74. The number of carbonyl (C=O) groups is 2. The van der Waals surface area contributed by atoms with Gasteiger partial charge in [-0.25, -0.2) is 9.97 Å². The maximum absolute atomic E-state index is 12.4. The summed E-state index contributed by atoms with van der Waals surface area (Å²) in [6.45, 7) is 0. The van der Waals surface area contributed by atoms with Gasteiger partial charge in [-0.3, -0.25) is 9.59 Å². The van der Waals surface area contributed by atoms with Crippen LogP contribution in [0.3, 0.4) is 0 Å². The molecule has 0 N–H and O–H groups in total. The van der Waals surface area contributed by atoms with Crippen LogP contribution in [0.5, 0.6) is 0 Å². The van der Waals surface area contributed by atoms with Crippen molar-refractivity contribution in [2.75, 3.05) is 0 Å². The van der Waals surface area contributed by atoms with Gasteiger partial charge in [-0.1, -0.05) is 40.2 Å². The molecule has 2 aromatic rings. The first-order valence-corrected chi connectivity index (χ1v) is 6.09. The van der Waals surface area contributed by atoms with Gasteiger partial charge < -0.3 is 0 Å². The molecule has 0 unspecified atom stereocenters. The molecule has 0 aliphatic heterocycles. The summed E-state index contributed by atoms with van der Waals surface area (Å²) in [7, 11) is 0. The Balaban J connectivity index is 2.23. The number of ketones is 2. The molecule has 0 radical (unpaired) electrons. The van der Waals surface area contributed by atoms with Gasteiger partial charge in [0.05, 0.1) is 5.69 Å². The van der Waals surface area contributed by atoms with E-state index in [-0.39, 0.29) is 11.6 Å². The van der Waals surface area contributed by atoms with Crippen LogP contribution in [0.2, 0.25) is 0 Å². The lowest BCUT2D eigenvalue weighted by Gasteiger charge is -2.16. The lowest BCUT2D eigenvalue weighted by Crippen LogP contribution is -2.32. The molecule has 1 aromatic carbocycles. The minimum atomic E-state index is -1.40. The standard InChI is InChI=1S/C13H7BrN2O2/c14-13(10-5-6-15-7-16-10)11(17)8-3-1-2-4-9(8)12(13)18/h1-7H. The average Bonchev–Trinajstić information content (AvgIpc) is 2.64. The maximum Gasteiger partial charge on any atom is 0.194 e. The van der Waals surface area contributed by atoms with E-state index in [1.165, 1.54) is 12.5 Å². The fourth-order valence-electron chi connectivity index (χ4n) is 2.08. The molecule has 1 aromatic heterocycles. The zero-order valence-corrected chi connectivity index (χ0v) is 10.7. The Kier molecular flexibility index (Phi) is 2.38. The number of aromatic nitrogens is 2. The van der Waals surface area contributed by atoms with Crippen LogP contribution in [0.15, 0.2) is 42.9 Å². The van der Waals surface area contributed by atoms with Crippen molar-refractivity contribution in [1.29, 1.82) is 0 Å². The van der Waals surface area contributed by atoms with E-state index in [0.717, 1.165) is 0 Å². The van der Waals surface area contributed by atoms with Crippen molar-refractivity contribution in [2.24, 2.45) is 0 Å². The molecule has 0 bridgehead atoms. The number of halogens is 1. The Bertz CT molecular complexity index is 620. The minimum absolute atomic E-state index is 0.276. The molecule has 1 aliphatic rings. The Hall–Kier alpha value is -1.88. The van der Waals surface area contributed by atoms with Crippen LogP contribution in [0.4, 0.5) is 0 Å². The number of fused-ring (bicyclic) bond motifs is 1. The van der Waals surface area contributed by atoms with E-state index in [4.69, 9.17) is 0 Å². The summed E-state index contributed by atoms with van der Waals surface area (Å²) in [4.78, 5) is 32.6. The molecule has 4 nitrogen and oxygen atoms in total. The molecule has 1 aliphatic carbocycles. The number of carbonyl (C=O) groups excluding carboxylic acids is 2. The van der Waals surface area contributed by atoms with Gasteiger partial charge in [-0.05, 0) is 6.07 Å². The molecule has 18 heavy (non-hydrogen) atoms. The molecule has 88 valence electrons. The highest BCUT2D eigenvalue weighted by atomic mass is 79.9. The molecule has 0 atom stereocenters. The summed E-state index contributed by atoms with van der Waals surface area (Å²) < 4.78 is -1.40. The second kappa shape index (κ2) is 3.81. The van der Waals surface area contributed by atoms with Gasteiger partial charge >= 0.3 is 0 Å². The third kappa shape index (κ3) is 1.31. The van der Waals surface area contributed by atoms with Crippen molar-refractivity contribution in [3.05, 3.63) is 59.7 Å². The monoisotopic (exact) mass is 302 g/mol. The van der Waals surface area contributed by atoms with Gasteiger partial charge in [0, 0.05) is 17.3 Å². The van der Waals surface area contributed by atoms with E-state index < -0.39 is 4.32 Å². The Morgan fingerprint density at radius 3 is 2.11 bits per heavy atom. The van der Waals surface area contributed by atoms with E-state index in [1.807, 2.05) is 0 Å². The van der Waals surface area contributed by atoms with Crippen molar-refractivity contribution in [3.8, 4) is 0 Å². The normalized spacial score (nSPS) is 16.7. The lowest BCUT2D eigenvalue weighted by molar-refractivity contribution is 0.0869. The number of rotatable bonds is 1. The molecule has 5 heteroatoms. The summed E-state index contributed by atoms with van der Waals surface area (Å²) in [5, 5.41) is 0. The van der Waals surface area contributed by atoms with Crippen LogP contribution in [-0.4, -0.2) is 21.5 Å². The first kappa shape index (κ1) is 11.2. The Morgan fingerprint density at radius 1 is 1.00 bits per heavy atom. The van der Waals surface area contributed by atoms with Gasteiger partial charge in [0.15, 0.2) is 15.9 Å². The third-order valence-electron chi connectivity index (χ3n) is 2.98. The number of nitrogens with zero attached hydrogens (tertiary/aromatic N) is 2. The van der Waals surface area contributed by atoms with Crippen LogP contribution < -0.4 is 0 Å². The van der Waals surface area contributed by atoms with Crippen LogP contribution in [-0.2, 0) is 4.32 Å². The molecule has 0 saturated heterocycles. The van der Waals surface area contributed by atoms with E-state index >= 15 is 0 Å². The molecular formula is C13H7BrN2O2. The maximum atomic E-state index is 12.4. The summed E-state index contributed by atoms with van der Waals surface area (Å²) in [6, 6.07) is 8.35. The van der Waals surface area contributed by atoms with Gasteiger partial charge in [0.2, 0.25) is 0 Å².